The molecule has 21 heavy (non-hydrogen) atoms. The Morgan fingerprint density at radius 3 is 2.62 bits per heavy atom. The molecule has 1 aliphatic carbocycles. The first kappa shape index (κ1) is 15.2. The molecule has 2 rings (SSSR count). The normalized spacial score (nSPS) is 15.1. The molecule has 1 fully saturated rings. The lowest BCUT2D eigenvalue weighted by molar-refractivity contribution is 0.0697. The van der Waals surface area contributed by atoms with E-state index >= 15 is 0 Å². The molecule has 0 spiro atoms. The minimum Gasteiger partial charge on any atom is -0.497 e. The minimum absolute atomic E-state index is 0.00104. The van der Waals surface area contributed by atoms with Gasteiger partial charge in [-0.15, -0.1) is 0 Å². The fraction of sp³-hybridized carbons (Fsp3) is 0.467. The van der Waals surface area contributed by atoms with E-state index in [1.807, 2.05) is 0 Å². The maximum atomic E-state index is 11.9. The predicted octanol–water partition coefficient (Wildman–Crippen LogP) is 2.71. The van der Waals surface area contributed by atoms with Crippen molar-refractivity contribution in [2.24, 2.45) is 5.41 Å². The number of amides is 2. The predicted molar refractivity (Wildman–Crippen MR) is 78.9 cm³/mol. The number of ether oxygens (including phenoxy) is 1. The van der Waals surface area contributed by atoms with Gasteiger partial charge in [0.1, 0.15) is 5.75 Å². The summed E-state index contributed by atoms with van der Waals surface area (Å²) in [6.45, 7) is 2.73. The number of nitrogens with one attached hydrogen (secondary N) is 2. The van der Waals surface area contributed by atoms with Crippen LogP contribution in [0, 0.1) is 5.41 Å². The number of rotatable bonds is 6. The Morgan fingerprint density at radius 1 is 1.38 bits per heavy atom. The highest BCUT2D eigenvalue weighted by Crippen LogP contribution is 2.47. The van der Waals surface area contributed by atoms with Crippen molar-refractivity contribution >= 4 is 17.7 Å². The zero-order chi connectivity index (χ0) is 15.5. The number of carboxylic acid groups (broad SMARTS) is 1. The second-order valence-corrected chi connectivity index (χ2v) is 5.38. The molecular formula is C15H20N2O4. The van der Waals surface area contributed by atoms with Crippen molar-refractivity contribution in [1.29, 1.82) is 0 Å². The molecule has 0 saturated heterocycles. The summed E-state index contributed by atoms with van der Waals surface area (Å²) in [6, 6.07) is 4.12. The van der Waals surface area contributed by atoms with Crippen LogP contribution in [-0.4, -0.2) is 30.8 Å². The summed E-state index contributed by atoms with van der Waals surface area (Å²) in [6.07, 6.45) is 3.30. The molecule has 2 amide bonds. The van der Waals surface area contributed by atoms with Crippen LogP contribution in [0.15, 0.2) is 18.2 Å². The molecule has 0 bridgehead atoms. The molecule has 0 atom stereocenters. The van der Waals surface area contributed by atoms with E-state index in [1.54, 1.807) is 6.07 Å². The molecule has 1 aromatic rings. The van der Waals surface area contributed by atoms with E-state index < -0.39 is 5.97 Å². The lowest BCUT2D eigenvalue weighted by Crippen LogP contribution is -2.34. The number of hydrogen-bond acceptors (Lipinski definition) is 3. The maximum absolute atomic E-state index is 11.9. The fourth-order valence-corrected chi connectivity index (χ4v) is 2.20. The van der Waals surface area contributed by atoms with Gasteiger partial charge in [-0.1, -0.05) is 6.92 Å². The summed E-state index contributed by atoms with van der Waals surface area (Å²) in [5, 5.41) is 14.6. The molecule has 0 aliphatic heterocycles. The van der Waals surface area contributed by atoms with Crippen molar-refractivity contribution in [1.82, 2.24) is 5.32 Å². The van der Waals surface area contributed by atoms with Crippen molar-refractivity contribution in [3.05, 3.63) is 23.8 Å². The zero-order valence-electron chi connectivity index (χ0n) is 12.2. The van der Waals surface area contributed by atoms with Crippen LogP contribution in [0.3, 0.4) is 0 Å². The van der Waals surface area contributed by atoms with Gasteiger partial charge in [-0.05, 0) is 42.9 Å². The first-order valence-corrected chi connectivity index (χ1v) is 6.96. The largest absolute Gasteiger partial charge is 0.497 e. The number of methoxy groups -OCH3 is 1. The summed E-state index contributed by atoms with van der Waals surface area (Å²) in [5.41, 5.74) is 0.496. The van der Waals surface area contributed by atoms with E-state index in [-0.39, 0.29) is 22.7 Å². The molecule has 1 aliphatic rings. The van der Waals surface area contributed by atoms with Gasteiger partial charge in [0.25, 0.3) is 0 Å². The molecule has 3 N–H and O–H groups in total. The van der Waals surface area contributed by atoms with Crippen LogP contribution in [0.2, 0.25) is 0 Å². The highest BCUT2D eigenvalue weighted by Gasteiger charge is 2.40. The van der Waals surface area contributed by atoms with Crippen LogP contribution in [-0.2, 0) is 0 Å². The third kappa shape index (κ3) is 3.65. The average Bonchev–Trinajstić information content (AvgIpc) is 3.26. The SMILES string of the molecule is CCC1(CNC(=O)Nc2ccc(OC)cc2C(=O)O)CC1. The van der Waals surface area contributed by atoms with Crippen molar-refractivity contribution < 1.29 is 19.4 Å². The van der Waals surface area contributed by atoms with Crippen LogP contribution >= 0.6 is 0 Å². The van der Waals surface area contributed by atoms with E-state index in [9.17, 15) is 14.7 Å². The lowest BCUT2D eigenvalue weighted by Gasteiger charge is -2.15. The molecule has 0 radical (unpaired) electrons. The fourth-order valence-electron chi connectivity index (χ4n) is 2.20. The number of carbonyl (C=O) groups excluding carboxylic acids is 1. The van der Waals surface area contributed by atoms with Gasteiger partial charge >= 0.3 is 12.0 Å². The summed E-state index contributed by atoms with van der Waals surface area (Å²) in [7, 11) is 1.46. The summed E-state index contributed by atoms with van der Waals surface area (Å²) in [5.74, 6) is -0.683. The van der Waals surface area contributed by atoms with Crippen molar-refractivity contribution in [2.75, 3.05) is 19.0 Å². The summed E-state index contributed by atoms with van der Waals surface area (Å²) in [4.78, 5) is 23.1. The van der Waals surface area contributed by atoms with Crippen LogP contribution < -0.4 is 15.4 Å². The molecule has 6 heteroatoms. The van der Waals surface area contributed by atoms with E-state index in [0.717, 1.165) is 19.3 Å². The van der Waals surface area contributed by atoms with Gasteiger partial charge in [-0.2, -0.15) is 0 Å². The molecule has 0 aromatic heterocycles. The number of aromatic carboxylic acids is 1. The molecular weight excluding hydrogens is 272 g/mol. The van der Waals surface area contributed by atoms with Gasteiger partial charge in [0.05, 0.1) is 18.4 Å². The van der Waals surface area contributed by atoms with Crippen LogP contribution in [0.4, 0.5) is 10.5 Å². The Hall–Kier alpha value is -2.24. The third-order valence-electron chi connectivity index (χ3n) is 4.04. The second-order valence-electron chi connectivity index (χ2n) is 5.38. The van der Waals surface area contributed by atoms with E-state index in [0.29, 0.717) is 12.3 Å². The van der Waals surface area contributed by atoms with Crippen molar-refractivity contribution in [3.63, 3.8) is 0 Å². The second kappa shape index (κ2) is 6.03. The summed E-state index contributed by atoms with van der Waals surface area (Å²) >= 11 is 0. The third-order valence-corrected chi connectivity index (χ3v) is 4.04. The minimum atomic E-state index is -1.11. The lowest BCUT2D eigenvalue weighted by atomic mass is 10.0. The molecule has 1 aromatic carbocycles. The van der Waals surface area contributed by atoms with Crippen LogP contribution in [0.25, 0.3) is 0 Å². The monoisotopic (exact) mass is 292 g/mol. The van der Waals surface area contributed by atoms with Gasteiger partial charge in [-0.3, -0.25) is 0 Å². The Morgan fingerprint density at radius 2 is 2.10 bits per heavy atom. The van der Waals surface area contributed by atoms with Gasteiger partial charge < -0.3 is 20.5 Å². The highest BCUT2D eigenvalue weighted by atomic mass is 16.5. The zero-order valence-corrected chi connectivity index (χ0v) is 12.2. The Kier molecular flexibility index (Phi) is 4.35. The number of anilines is 1. The van der Waals surface area contributed by atoms with Crippen LogP contribution in [0.5, 0.6) is 5.75 Å². The number of benzene rings is 1. The van der Waals surface area contributed by atoms with Crippen LogP contribution in [0.1, 0.15) is 36.5 Å². The standard InChI is InChI=1S/C15H20N2O4/c1-3-15(6-7-15)9-16-14(20)17-12-5-4-10(21-2)8-11(12)13(18)19/h4-5,8H,3,6-7,9H2,1-2H3,(H,18,19)(H2,16,17,20). The molecule has 114 valence electrons. The number of urea groups is 1. The Balaban J connectivity index is 2.01. The molecule has 6 nitrogen and oxygen atoms in total. The van der Waals surface area contributed by atoms with E-state index in [4.69, 9.17) is 4.74 Å². The average molecular weight is 292 g/mol. The quantitative estimate of drug-likeness (QED) is 0.752. The number of carboxylic acids is 1. The van der Waals surface area contributed by atoms with E-state index in [1.165, 1.54) is 19.2 Å². The molecule has 0 unspecified atom stereocenters. The van der Waals surface area contributed by atoms with Crippen molar-refractivity contribution in [2.45, 2.75) is 26.2 Å². The van der Waals surface area contributed by atoms with Gasteiger partial charge in [0.15, 0.2) is 0 Å². The number of carbonyl (C=O) groups is 2. The highest BCUT2D eigenvalue weighted by molar-refractivity contribution is 6.00. The number of hydrogen-bond donors (Lipinski definition) is 3. The topological polar surface area (TPSA) is 87.7 Å². The first-order chi connectivity index (χ1) is 9.99. The van der Waals surface area contributed by atoms with Gasteiger partial charge in [0, 0.05) is 6.54 Å². The van der Waals surface area contributed by atoms with Gasteiger partial charge in [0.2, 0.25) is 0 Å². The Labute approximate surface area is 123 Å². The smallest absolute Gasteiger partial charge is 0.337 e. The molecule has 0 heterocycles. The van der Waals surface area contributed by atoms with Gasteiger partial charge in [-0.25, -0.2) is 9.59 Å². The first-order valence-electron chi connectivity index (χ1n) is 6.96. The summed E-state index contributed by atoms with van der Waals surface area (Å²) < 4.78 is 4.99. The maximum Gasteiger partial charge on any atom is 0.337 e. The Bertz CT molecular complexity index is 553. The van der Waals surface area contributed by atoms with Crippen molar-refractivity contribution in [3.8, 4) is 5.75 Å². The molecule has 1 saturated carbocycles. The van der Waals surface area contributed by atoms with E-state index in [2.05, 4.69) is 17.6 Å².